The van der Waals surface area contributed by atoms with Gasteiger partial charge in [0.15, 0.2) is 22.4 Å². The maximum atomic E-state index is 12.0. The van der Waals surface area contributed by atoms with Crippen molar-refractivity contribution in [2.24, 2.45) is 0 Å². The maximum Gasteiger partial charge on any atom is 0.173 e. The summed E-state index contributed by atoms with van der Waals surface area (Å²) in [6.07, 6.45) is 0. The van der Waals surface area contributed by atoms with E-state index >= 15 is 0 Å². The average Bonchev–Trinajstić information content (AvgIpc) is 2.43. The van der Waals surface area contributed by atoms with Crippen LogP contribution >= 0.6 is 44.1 Å². The lowest BCUT2D eigenvalue weighted by molar-refractivity contribution is -0.114. The highest BCUT2D eigenvalue weighted by Crippen LogP contribution is 2.45. The van der Waals surface area contributed by atoms with E-state index in [2.05, 4.69) is 42.5 Å². The highest BCUT2D eigenvalue weighted by atomic mass is 79.9. The van der Waals surface area contributed by atoms with E-state index in [1.54, 1.807) is 13.0 Å². The van der Waals surface area contributed by atoms with Gasteiger partial charge in [-0.25, -0.2) is 0 Å². The first kappa shape index (κ1) is 17.2. The molecule has 1 aromatic rings. The predicted octanol–water partition coefficient (Wildman–Crippen LogP) is 3.31. The molecule has 1 heterocycles. The van der Waals surface area contributed by atoms with Gasteiger partial charge in [0, 0.05) is 15.7 Å². The molecule has 0 saturated carbocycles. The zero-order chi connectivity index (χ0) is 16.6. The standard InChI is InChI=1S/C14H14Br2N2O3S/c1-5-9(6(2)19)12(18-14(22)17-5)7-4-8(21-3)13(20)11(16)10(7)15/h4,12,20H,1-3H3,(H2,17,18,22). The van der Waals surface area contributed by atoms with Crippen molar-refractivity contribution >= 4 is 55.0 Å². The topological polar surface area (TPSA) is 70.6 Å². The van der Waals surface area contributed by atoms with Crippen LogP contribution in [0.3, 0.4) is 0 Å². The molecule has 0 aromatic heterocycles. The van der Waals surface area contributed by atoms with Crippen LogP contribution in [0.2, 0.25) is 0 Å². The summed E-state index contributed by atoms with van der Waals surface area (Å²) in [5, 5.41) is 16.5. The number of ketones is 1. The number of ether oxygens (including phenoxy) is 1. The second-order valence-corrected chi connectivity index (χ2v) is 6.77. The summed E-state index contributed by atoms with van der Waals surface area (Å²) in [7, 11) is 1.46. The fraction of sp³-hybridized carbons (Fsp3) is 0.286. The molecule has 0 saturated heterocycles. The van der Waals surface area contributed by atoms with Gasteiger partial charge in [0.1, 0.15) is 0 Å². The van der Waals surface area contributed by atoms with Crippen molar-refractivity contribution in [2.45, 2.75) is 19.9 Å². The van der Waals surface area contributed by atoms with Gasteiger partial charge < -0.3 is 20.5 Å². The molecular weight excluding hydrogens is 436 g/mol. The van der Waals surface area contributed by atoms with Crippen LogP contribution in [0.15, 0.2) is 26.3 Å². The van der Waals surface area contributed by atoms with Crippen molar-refractivity contribution in [1.29, 1.82) is 0 Å². The summed E-state index contributed by atoms with van der Waals surface area (Å²) < 4.78 is 6.26. The molecule has 1 aromatic carbocycles. The lowest BCUT2D eigenvalue weighted by Gasteiger charge is -2.31. The largest absolute Gasteiger partial charge is 0.503 e. The molecule has 5 nitrogen and oxygen atoms in total. The van der Waals surface area contributed by atoms with Gasteiger partial charge >= 0.3 is 0 Å². The zero-order valence-electron chi connectivity index (χ0n) is 12.1. The Morgan fingerprint density at radius 2 is 2.05 bits per heavy atom. The third-order valence-corrected chi connectivity index (χ3v) is 5.73. The minimum absolute atomic E-state index is 0.0142. The Morgan fingerprint density at radius 1 is 1.41 bits per heavy atom. The van der Waals surface area contributed by atoms with Crippen molar-refractivity contribution in [2.75, 3.05) is 7.11 Å². The van der Waals surface area contributed by atoms with E-state index in [1.807, 2.05) is 0 Å². The summed E-state index contributed by atoms with van der Waals surface area (Å²) in [5.41, 5.74) is 2.01. The fourth-order valence-corrected chi connectivity index (χ4v) is 3.60. The van der Waals surface area contributed by atoms with E-state index in [9.17, 15) is 9.90 Å². The van der Waals surface area contributed by atoms with Gasteiger partial charge in [0.25, 0.3) is 0 Å². The SMILES string of the molecule is COc1cc(C2NC(=S)NC(C)=C2C(C)=O)c(Br)c(Br)c1O. The number of benzene rings is 1. The Bertz CT molecular complexity index is 704. The van der Waals surface area contributed by atoms with Gasteiger partial charge in [-0.3, -0.25) is 4.79 Å². The van der Waals surface area contributed by atoms with Gasteiger partial charge in [0.2, 0.25) is 0 Å². The Balaban J connectivity index is 2.68. The summed E-state index contributed by atoms with van der Waals surface area (Å²) in [6, 6.07) is 1.23. The smallest absolute Gasteiger partial charge is 0.173 e. The Kier molecular flexibility index (Phi) is 5.14. The molecule has 1 unspecified atom stereocenters. The Morgan fingerprint density at radius 3 is 2.59 bits per heavy atom. The number of hydrogen-bond donors (Lipinski definition) is 3. The number of allylic oxidation sites excluding steroid dienone is 1. The molecule has 22 heavy (non-hydrogen) atoms. The van der Waals surface area contributed by atoms with Crippen molar-refractivity contribution in [1.82, 2.24) is 10.6 Å². The Hall–Kier alpha value is -1.12. The first-order valence-corrected chi connectivity index (χ1v) is 8.31. The molecule has 0 radical (unpaired) electrons. The number of Topliss-reactive ketones (excluding diaryl/α,β-unsaturated/α-hetero) is 1. The highest BCUT2D eigenvalue weighted by Gasteiger charge is 2.31. The van der Waals surface area contributed by atoms with Crippen LogP contribution in [-0.4, -0.2) is 23.1 Å². The van der Waals surface area contributed by atoms with E-state index < -0.39 is 6.04 Å². The lowest BCUT2D eigenvalue weighted by atomic mass is 9.93. The number of halogens is 2. The molecule has 0 spiro atoms. The normalized spacial score (nSPS) is 17.9. The van der Waals surface area contributed by atoms with E-state index in [0.717, 1.165) is 5.56 Å². The number of aromatic hydroxyl groups is 1. The van der Waals surface area contributed by atoms with Gasteiger partial charge in [-0.15, -0.1) is 0 Å². The average molecular weight is 450 g/mol. The van der Waals surface area contributed by atoms with Crippen LogP contribution in [0.5, 0.6) is 11.5 Å². The molecular formula is C14H14Br2N2O3S. The monoisotopic (exact) mass is 448 g/mol. The first-order chi connectivity index (χ1) is 10.3. The molecule has 3 N–H and O–H groups in total. The molecule has 8 heteroatoms. The number of methoxy groups -OCH3 is 1. The molecule has 0 aliphatic carbocycles. The van der Waals surface area contributed by atoms with Crippen molar-refractivity contribution in [3.63, 3.8) is 0 Å². The third kappa shape index (κ3) is 3.00. The minimum atomic E-state index is -0.438. The highest BCUT2D eigenvalue weighted by molar-refractivity contribution is 9.13. The summed E-state index contributed by atoms with van der Waals surface area (Å²) in [6.45, 7) is 3.31. The summed E-state index contributed by atoms with van der Waals surface area (Å²) in [5.74, 6) is 0.219. The predicted molar refractivity (Wildman–Crippen MR) is 95.1 cm³/mol. The number of phenols is 1. The summed E-state index contributed by atoms with van der Waals surface area (Å²) in [4.78, 5) is 12.0. The second kappa shape index (κ2) is 6.55. The third-order valence-electron chi connectivity index (χ3n) is 3.35. The van der Waals surface area contributed by atoms with E-state index in [-0.39, 0.29) is 11.5 Å². The van der Waals surface area contributed by atoms with Gasteiger partial charge in [0.05, 0.1) is 17.6 Å². The number of phenolic OH excluding ortho intramolecular Hbond substituents is 1. The molecule has 1 atom stereocenters. The molecule has 0 fully saturated rings. The van der Waals surface area contributed by atoms with Gasteiger partial charge in [-0.2, -0.15) is 0 Å². The molecule has 0 amide bonds. The number of carbonyl (C=O) groups excluding carboxylic acids is 1. The molecule has 0 bridgehead atoms. The molecule has 1 aliphatic rings. The van der Waals surface area contributed by atoms with Crippen molar-refractivity contribution in [3.05, 3.63) is 31.8 Å². The van der Waals surface area contributed by atoms with Crippen LogP contribution in [-0.2, 0) is 4.79 Å². The van der Waals surface area contributed by atoms with E-state index in [1.165, 1.54) is 14.0 Å². The van der Waals surface area contributed by atoms with Crippen LogP contribution in [0.4, 0.5) is 0 Å². The first-order valence-electron chi connectivity index (χ1n) is 6.32. The summed E-state index contributed by atoms with van der Waals surface area (Å²) >= 11 is 12.0. The molecule has 2 rings (SSSR count). The van der Waals surface area contributed by atoms with Crippen molar-refractivity contribution < 1.29 is 14.6 Å². The number of thiocarbonyl (C=S) groups is 1. The van der Waals surface area contributed by atoms with Crippen LogP contribution in [0.25, 0.3) is 0 Å². The second-order valence-electron chi connectivity index (χ2n) is 4.77. The number of hydrogen-bond acceptors (Lipinski definition) is 4. The number of rotatable bonds is 3. The van der Waals surface area contributed by atoms with E-state index in [4.69, 9.17) is 17.0 Å². The lowest BCUT2D eigenvalue weighted by Crippen LogP contribution is -2.44. The zero-order valence-corrected chi connectivity index (χ0v) is 16.1. The number of nitrogens with one attached hydrogen (secondary N) is 2. The molecule has 1 aliphatic heterocycles. The fourth-order valence-electron chi connectivity index (χ4n) is 2.37. The van der Waals surface area contributed by atoms with Crippen LogP contribution in [0, 0.1) is 0 Å². The van der Waals surface area contributed by atoms with Gasteiger partial charge in [-0.1, -0.05) is 0 Å². The van der Waals surface area contributed by atoms with Crippen LogP contribution < -0.4 is 15.4 Å². The maximum absolute atomic E-state index is 12.0. The van der Waals surface area contributed by atoms with Crippen molar-refractivity contribution in [3.8, 4) is 11.5 Å². The van der Waals surface area contributed by atoms with Crippen LogP contribution in [0.1, 0.15) is 25.5 Å². The Labute approximate surface area is 150 Å². The molecule has 118 valence electrons. The minimum Gasteiger partial charge on any atom is -0.503 e. The quantitative estimate of drug-likeness (QED) is 0.615. The number of carbonyl (C=O) groups is 1. The van der Waals surface area contributed by atoms with E-state index in [0.29, 0.717) is 31.1 Å². The van der Waals surface area contributed by atoms with Gasteiger partial charge in [-0.05, 0) is 69.6 Å².